The number of hydrogen-bond acceptors (Lipinski definition) is 6. The van der Waals surface area contributed by atoms with Gasteiger partial charge in [0.05, 0.1) is 30.3 Å². The lowest BCUT2D eigenvalue weighted by Crippen LogP contribution is -2.54. The lowest BCUT2D eigenvalue weighted by molar-refractivity contribution is -0.136. The van der Waals surface area contributed by atoms with Gasteiger partial charge in [0.2, 0.25) is 5.91 Å². The van der Waals surface area contributed by atoms with Crippen LogP contribution in [0.4, 0.5) is 8.78 Å². The molecule has 11 heteroatoms. The third-order valence-corrected chi connectivity index (χ3v) is 6.71. The maximum atomic E-state index is 14.7. The number of halogens is 2. The number of rotatable bonds is 7. The average Bonchev–Trinajstić information content (AvgIpc) is 3.63. The van der Waals surface area contributed by atoms with Gasteiger partial charge in [0.15, 0.2) is 0 Å². The Hall–Kier alpha value is -3.60. The lowest BCUT2D eigenvalue weighted by Gasteiger charge is -2.34. The van der Waals surface area contributed by atoms with Gasteiger partial charge in [-0.05, 0) is 50.3 Å². The van der Waals surface area contributed by atoms with Gasteiger partial charge in [-0.3, -0.25) is 9.59 Å². The van der Waals surface area contributed by atoms with Crippen LogP contribution in [0.15, 0.2) is 24.5 Å². The summed E-state index contributed by atoms with van der Waals surface area (Å²) in [6.07, 6.45) is 2.25. The Morgan fingerprint density at radius 1 is 1.28 bits per heavy atom. The van der Waals surface area contributed by atoms with E-state index in [0.717, 1.165) is 12.8 Å². The van der Waals surface area contributed by atoms with Gasteiger partial charge in [-0.1, -0.05) is 0 Å². The predicted molar refractivity (Wildman–Crippen MR) is 127 cm³/mol. The summed E-state index contributed by atoms with van der Waals surface area (Å²) in [5.74, 6) is -0.508. The fourth-order valence-corrected chi connectivity index (χ4v) is 4.54. The van der Waals surface area contributed by atoms with E-state index in [9.17, 15) is 18.4 Å². The van der Waals surface area contributed by atoms with Crippen LogP contribution >= 0.6 is 0 Å². The van der Waals surface area contributed by atoms with E-state index in [2.05, 4.69) is 20.3 Å². The Bertz CT molecular complexity index is 1310. The quantitative estimate of drug-likeness (QED) is 0.460. The largest absolute Gasteiger partial charge is 0.493 e. The number of H-pyrrole nitrogens is 1. The van der Waals surface area contributed by atoms with Gasteiger partial charge < -0.3 is 25.0 Å². The number of piperidine rings is 1. The van der Waals surface area contributed by atoms with Crippen molar-refractivity contribution in [2.45, 2.75) is 38.4 Å². The van der Waals surface area contributed by atoms with Crippen molar-refractivity contribution in [1.82, 2.24) is 25.2 Å². The van der Waals surface area contributed by atoms with Crippen LogP contribution in [0.25, 0.3) is 22.3 Å². The van der Waals surface area contributed by atoms with Crippen molar-refractivity contribution in [2.75, 3.05) is 26.3 Å². The van der Waals surface area contributed by atoms with Crippen LogP contribution in [0.2, 0.25) is 0 Å². The standard InChI is InChI=1S/C25H27F2N5O4/c1-13-21(25(35)31-18-6-7-32(9-17(18)27)20(34)10-33)23-24(30-13)22(28-12-29-23)16-8-15(26)4-5-19(16)36-11-14-2-3-14/h4-5,8,12,14,17-18,30,33H,2-3,6-7,9-11H2,1H3,(H,31,35)/t17-,18+/m0/s1. The number of nitrogens with one attached hydrogen (secondary N) is 2. The van der Waals surface area contributed by atoms with Crippen molar-refractivity contribution in [3.05, 3.63) is 41.6 Å². The summed E-state index contributed by atoms with van der Waals surface area (Å²) >= 11 is 0. The number of carbonyl (C=O) groups excluding carboxylic acids is 2. The Morgan fingerprint density at radius 2 is 2.08 bits per heavy atom. The zero-order valence-electron chi connectivity index (χ0n) is 19.8. The van der Waals surface area contributed by atoms with Crippen LogP contribution in [0, 0.1) is 18.7 Å². The van der Waals surface area contributed by atoms with E-state index in [-0.39, 0.29) is 25.1 Å². The van der Waals surface area contributed by atoms with Crippen LogP contribution < -0.4 is 10.1 Å². The monoisotopic (exact) mass is 499 g/mol. The predicted octanol–water partition coefficient (Wildman–Crippen LogP) is 2.52. The number of ether oxygens (including phenoxy) is 1. The van der Waals surface area contributed by atoms with E-state index in [1.807, 2.05) is 0 Å². The van der Waals surface area contributed by atoms with Gasteiger partial charge in [0.1, 0.15) is 41.9 Å². The summed E-state index contributed by atoms with van der Waals surface area (Å²) in [4.78, 5) is 37.9. The zero-order valence-corrected chi connectivity index (χ0v) is 19.8. The lowest BCUT2D eigenvalue weighted by atomic mass is 10.0. The molecule has 3 aromatic rings. The van der Waals surface area contributed by atoms with Crippen molar-refractivity contribution in [3.63, 3.8) is 0 Å². The second-order valence-corrected chi connectivity index (χ2v) is 9.35. The molecule has 2 aromatic heterocycles. The van der Waals surface area contributed by atoms with Gasteiger partial charge in [-0.15, -0.1) is 0 Å². The highest BCUT2D eigenvalue weighted by Gasteiger charge is 2.33. The summed E-state index contributed by atoms with van der Waals surface area (Å²) in [7, 11) is 0. The van der Waals surface area contributed by atoms with Crippen LogP contribution in [-0.2, 0) is 4.79 Å². The molecule has 1 aliphatic heterocycles. The number of benzene rings is 1. The number of aryl methyl sites for hydroxylation is 1. The van der Waals surface area contributed by atoms with E-state index >= 15 is 0 Å². The number of aliphatic hydroxyl groups excluding tert-OH is 1. The number of aromatic amines is 1. The van der Waals surface area contributed by atoms with E-state index < -0.39 is 36.5 Å². The Kier molecular flexibility index (Phi) is 6.57. The highest BCUT2D eigenvalue weighted by Crippen LogP contribution is 2.36. The normalized spacial score (nSPS) is 19.9. The molecule has 3 heterocycles. The second kappa shape index (κ2) is 9.81. The molecule has 0 spiro atoms. The molecule has 2 aliphatic rings. The molecule has 1 saturated heterocycles. The SMILES string of the molecule is Cc1[nH]c2c(-c3cc(F)ccc3OCC3CC3)ncnc2c1C(=O)N[C@@H]1CCN(C(=O)CO)C[C@@H]1F. The Balaban J connectivity index is 1.42. The third-order valence-electron chi connectivity index (χ3n) is 6.71. The number of nitrogens with zero attached hydrogens (tertiary/aromatic N) is 3. The van der Waals surface area contributed by atoms with Gasteiger partial charge in [0, 0.05) is 17.8 Å². The summed E-state index contributed by atoms with van der Waals surface area (Å²) < 4.78 is 34.9. The summed E-state index contributed by atoms with van der Waals surface area (Å²) in [5.41, 5.74) is 2.36. The number of hydrogen-bond donors (Lipinski definition) is 3. The maximum absolute atomic E-state index is 14.7. The second-order valence-electron chi connectivity index (χ2n) is 9.35. The topological polar surface area (TPSA) is 120 Å². The molecule has 5 rings (SSSR count). The molecule has 0 unspecified atom stereocenters. The van der Waals surface area contributed by atoms with E-state index in [0.29, 0.717) is 46.3 Å². The molecule has 36 heavy (non-hydrogen) atoms. The molecule has 190 valence electrons. The molecule has 0 radical (unpaired) electrons. The van der Waals surface area contributed by atoms with E-state index in [1.54, 1.807) is 13.0 Å². The van der Waals surface area contributed by atoms with Crippen molar-refractivity contribution >= 4 is 22.8 Å². The molecule has 1 aromatic carbocycles. The van der Waals surface area contributed by atoms with Crippen molar-refractivity contribution in [2.24, 2.45) is 5.92 Å². The molecular formula is C25H27F2N5O4. The average molecular weight is 500 g/mol. The van der Waals surface area contributed by atoms with Gasteiger partial charge in [-0.2, -0.15) is 0 Å². The molecule has 2 amide bonds. The minimum absolute atomic E-state index is 0.202. The molecule has 2 fully saturated rings. The number of aromatic nitrogens is 3. The fraction of sp³-hybridized carbons (Fsp3) is 0.440. The van der Waals surface area contributed by atoms with Crippen molar-refractivity contribution in [3.8, 4) is 17.0 Å². The van der Waals surface area contributed by atoms with E-state index in [4.69, 9.17) is 9.84 Å². The molecule has 1 saturated carbocycles. The minimum atomic E-state index is -1.48. The summed E-state index contributed by atoms with van der Waals surface area (Å²) in [5, 5.41) is 11.7. The molecule has 0 bridgehead atoms. The summed E-state index contributed by atoms with van der Waals surface area (Å²) in [6, 6.07) is 3.45. The van der Waals surface area contributed by atoms with Gasteiger partial charge in [0.25, 0.3) is 5.91 Å². The first-order chi connectivity index (χ1) is 17.4. The van der Waals surface area contributed by atoms with Crippen molar-refractivity contribution in [1.29, 1.82) is 0 Å². The molecule has 9 nitrogen and oxygen atoms in total. The molecular weight excluding hydrogens is 472 g/mol. The Morgan fingerprint density at radius 3 is 2.81 bits per heavy atom. The first-order valence-corrected chi connectivity index (χ1v) is 11.9. The Labute approximate surface area is 205 Å². The summed E-state index contributed by atoms with van der Waals surface area (Å²) in [6.45, 7) is 1.59. The van der Waals surface area contributed by atoms with E-state index in [1.165, 1.54) is 23.4 Å². The van der Waals surface area contributed by atoms with Gasteiger partial charge in [-0.25, -0.2) is 18.7 Å². The number of likely N-dealkylation sites (tertiary alicyclic amines) is 1. The number of carbonyl (C=O) groups is 2. The van der Waals surface area contributed by atoms with Crippen molar-refractivity contribution < 1.29 is 28.2 Å². The number of aliphatic hydroxyl groups is 1. The highest BCUT2D eigenvalue weighted by molar-refractivity contribution is 6.09. The molecule has 2 atom stereocenters. The minimum Gasteiger partial charge on any atom is -0.493 e. The zero-order chi connectivity index (χ0) is 25.4. The van der Waals surface area contributed by atoms with Crippen LogP contribution in [0.3, 0.4) is 0 Å². The highest BCUT2D eigenvalue weighted by atomic mass is 19.1. The first-order valence-electron chi connectivity index (χ1n) is 11.9. The molecule has 1 aliphatic carbocycles. The smallest absolute Gasteiger partial charge is 0.255 e. The van der Waals surface area contributed by atoms with Crippen LogP contribution in [-0.4, -0.2) is 75.3 Å². The first kappa shape index (κ1) is 24.1. The van der Waals surface area contributed by atoms with Gasteiger partial charge >= 0.3 is 0 Å². The number of alkyl halides is 1. The third kappa shape index (κ3) is 4.75. The molecule has 3 N–H and O–H groups in total. The fourth-order valence-electron chi connectivity index (χ4n) is 4.54. The number of fused-ring (bicyclic) bond motifs is 1. The van der Waals surface area contributed by atoms with Crippen LogP contribution in [0.5, 0.6) is 5.75 Å². The number of amides is 2. The maximum Gasteiger partial charge on any atom is 0.255 e. The van der Waals surface area contributed by atoms with Crippen LogP contribution in [0.1, 0.15) is 35.3 Å².